The van der Waals surface area contributed by atoms with Crippen molar-refractivity contribution in [1.29, 1.82) is 0 Å². The summed E-state index contributed by atoms with van der Waals surface area (Å²) in [5.41, 5.74) is 3.12. The molecule has 4 rings (SSSR count). The monoisotopic (exact) mass is 392 g/mol. The van der Waals surface area contributed by atoms with Crippen LogP contribution >= 0.6 is 0 Å². The standard InChI is InChI=1S/C21H20N4O4/c1-27-19-7-6-13(11-24-19)14-4-3-5-18-15(14)10-16(21(28-2)29-18)25-20(26)17-12-22-8-9-23-17/h3-9,11-12,16,21H,10H2,1-2H3,(H,25,26)/t16-,21?/m0/s1. The van der Waals surface area contributed by atoms with Gasteiger partial charge in [0, 0.05) is 49.3 Å². The van der Waals surface area contributed by atoms with Crippen LogP contribution in [-0.4, -0.2) is 47.4 Å². The van der Waals surface area contributed by atoms with Gasteiger partial charge in [0.1, 0.15) is 11.4 Å². The third-order valence-electron chi connectivity index (χ3n) is 4.73. The zero-order valence-electron chi connectivity index (χ0n) is 16.0. The number of hydrogen-bond donors (Lipinski definition) is 1. The summed E-state index contributed by atoms with van der Waals surface area (Å²) in [6.45, 7) is 0. The third-order valence-corrected chi connectivity index (χ3v) is 4.73. The van der Waals surface area contributed by atoms with Gasteiger partial charge in [0.2, 0.25) is 12.2 Å². The quantitative estimate of drug-likeness (QED) is 0.711. The molecule has 8 nitrogen and oxygen atoms in total. The molecule has 0 spiro atoms. The number of carbonyl (C=O) groups excluding carboxylic acids is 1. The van der Waals surface area contributed by atoms with Crippen molar-refractivity contribution >= 4 is 5.91 Å². The van der Waals surface area contributed by atoms with Crippen LogP contribution in [0.1, 0.15) is 16.1 Å². The van der Waals surface area contributed by atoms with Crippen LogP contribution in [0.2, 0.25) is 0 Å². The van der Waals surface area contributed by atoms with Crippen LogP contribution in [-0.2, 0) is 11.2 Å². The van der Waals surface area contributed by atoms with E-state index in [0.29, 0.717) is 12.3 Å². The van der Waals surface area contributed by atoms with E-state index >= 15 is 0 Å². The van der Waals surface area contributed by atoms with E-state index in [2.05, 4.69) is 20.3 Å². The Bertz CT molecular complexity index is 995. The van der Waals surface area contributed by atoms with Crippen molar-refractivity contribution in [3.05, 3.63) is 66.4 Å². The number of hydrogen-bond acceptors (Lipinski definition) is 7. The highest BCUT2D eigenvalue weighted by molar-refractivity contribution is 5.92. The van der Waals surface area contributed by atoms with Crippen LogP contribution in [0.25, 0.3) is 11.1 Å². The van der Waals surface area contributed by atoms with Gasteiger partial charge >= 0.3 is 0 Å². The largest absolute Gasteiger partial charge is 0.481 e. The molecule has 1 aliphatic heterocycles. The molecular formula is C21H20N4O4. The number of aromatic nitrogens is 3. The molecule has 0 saturated carbocycles. The van der Waals surface area contributed by atoms with E-state index in [-0.39, 0.29) is 11.6 Å². The summed E-state index contributed by atoms with van der Waals surface area (Å²) in [5.74, 6) is 0.930. The fourth-order valence-corrected chi connectivity index (χ4v) is 3.33. The molecule has 29 heavy (non-hydrogen) atoms. The van der Waals surface area contributed by atoms with Crippen molar-refractivity contribution in [3.8, 4) is 22.8 Å². The van der Waals surface area contributed by atoms with Gasteiger partial charge in [-0.2, -0.15) is 0 Å². The normalized spacial score (nSPS) is 17.7. The Morgan fingerprint density at radius 1 is 1.14 bits per heavy atom. The van der Waals surface area contributed by atoms with E-state index in [1.165, 1.54) is 18.6 Å². The second kappa shape index (κ2) is 8.24. The molecule has 0 fully saturated rings. The van der Waals surface area contributed by atoms with Crippen LogP contribution in [0.3, 0.4) is 0 Å². The first-order chi connectivity index (χ1) is 14.2. The number of methoxy groups -OCH3 is 2. The zero-order valence-corrected chi connectivity index (χ0v) is 16.0. The number of rotatable bonds is 5. The lowest BCUT2D eigenvalue weighted by atomic mass is 9.93. The van der Waals surface area contributed by atoms with Gasteiger partial charge in [0.15, 0.2) is 0 Å². The van der Waals surface area contributed by atoms with Crippen LogP contribution in [0, 0.1) is 0 Å². The molecule has 0 bridgehead atoms. The van der Waals surface area contributed by atoms with Crippen LogP contribution in [0.15, 0.2) is 55.1 Å². The van der Waals surface area contributed by atoms with E-state index in [0.717, 1.165) is 22.4 Å². The Labute approximate surface area is 167 Å². The second-order valence-corrected chi connectivity index (χ2v) is 6.47. The summed E-state index contributed by atoms with van der Waals surface area (Å²) >= 11 is 0. The van der Waals surface area contributed by atoms with Gasteiger partial charge < -0.3 is 19.5 Å². The van der Waals surface area contributed by atoms with Gasteiger partial charge in [-0.25, -0.2) is 9.97 Å². The van der Waals surface area contributed by atoms with Gasteiger partial charge in [-0.3, -0.25) is 9.78 Å². The van der Waals surface area contributed by atoms with E-state index in [1.807, 2.05) is 30.3 Å². The van der Waals surface area contributed by atoms with Crippen molar-refractivity contribution in [2.75, 3.05) is 14.2 Å². The Morgan fingerprint density at radius 3 is 2.72 bits per heavy atom. The van der Waals surface area contributed by atoms with Gasteiger partial charge in [-0.05, 0) is 17.7 Å². The molecular weight excluding hydrogens is 372 g/mol. The number of benzene rings is 1. The molecule has 1 N–H and O–H groups in total. The molecule has 0 aliphatic carbocycles. The maximum Gasteiger partial charge on any atom is 0.271 e. The fraction of sp³-hybridized carbons (Fsp3) is 0.238. The summed E-state index contributed by atoms with van der Waals surface area (Å²) in [6.07, 6.45) is 6.08. The molecule has 3 heterocycles. The predicted molar refractivity (Wildman–Crippen MR) is 105 cm³/mol. The van der Waals surface area contributed by atoms with E-state index in [1.54, 1.807) is 20.4 Å². The lowest BCUT2D eigenvalue weighted by molar-refractivity contribution is -0.0834. The van der Waals surface area contributed by atoms with Crippen molar-refractivity contribution in [2.24, 2.45) is 0 Å². The molecule has 2 aromatic heterocycles. The molecule has 3 aromatic rings. The lowest BCUT2D eigenvalue weighted by Crippen LogP contribution is -2.50. The third kappa shape index (κ3) is 3.88. The fourth-order valence-electron chi connectivity index (χ4n) is 3.33. The lowest BCUT2D eigenvalue weighted by Gasteiger charge is -2.34. The second-order valence-electron chi connectivity index (χ2n) is 6.47. The van der Waals surface area contributed by atoms with Gasteiger partial charge in [-0.15, -0.1) is 0 Å². The number of pyridine rings is 1. The van der Waals surface area contributed by atoms with Gasteiger partial charge in [0.05, 0.1) is 19.3 Å². The van der Waals surface area contributed by atoms with E-state index < -0.39 is 12.3 Å². The number of nitrogens with one attached hydrogen (secondary N) is 1. The molecule has 1 aromatic carbocycles. The Hall–Kier alpha value is -3.52. The van der Waals surface area contributed by atoms with Crippen molar-refractivity contribution < 1.29 is 19.0 Å². The van der Waals surface area contributed by atoms with Gasteiger partial charge in [-0.1, -0.05) is 12.1 Å². The number of fused-ring (bicyclic) bond motifs is 1. The first kappa shape index (κ1) is 18.8. The smallest absolute Gasteiger partial charge is 0.271 e. The van der Waals surface area contributed by atoms with Crippen molar-refractivity contribution in [1.82, 2.24) is 20.3 Å². The molecule has 148 valence electrons. The maximum absolute atomic E-state index is 12.6. The highest BCUT2D eigenvalue weighted by atomic mass is 16.7. The molecule has 0 saturated heterocycles. The summed E-state index contributed by atoms with van der Waals surface area (Å²) in [7, 11) is 3.13. The zero-order chi connectivity index (χ0) is 20.2. The molecule has 1 unspecified atom stereocenters. The first-order valence-corrected chi connectivity index (χ1v) is 9.08. The Morgan fingerprint density at radius 2 is 2.03 bits per heavy atom. The average Bonchev–Trinajstić information content (AvgIpc) is 2.79. The summed E-state index contributed by atoms with van der Waals surface area (Å²) < 4.78 is 16.6. The van der Waals surface area contributed by atoms with E-state index in [4.69, 9.17) is 14.2 Å². The summed E-state index contributed by atoms with van der Waals surface area (Å²) in [5, 5.41) is 2.95. The highest BCUT2D eigenvalue weighted by Gasteiger charge is 2.33. The van der Waals surface area contributed by atoms with E-state index in [9.17, 15) is 4.79 Å². The van der Waals surface area contributed by atoms with Crippen LogP contribution < -0.4 is 14.8 Å². The minimum absolute atomic E-state index is 0.237. The van der Waals surface area contributed by atoms with Crippen LogP contribution in [0.4, 0.5) is 0 Å². The topological polar surface area (TPSA) is 95.5 Å². The predicted octanol–water partition coefficient (Wildman–Crippen LogP) is 2.25. The van der Waals surface area contributed by atoms with Crippen molar-refractivity contribution in [3.63, 3.8) is 0 Å². The summed E-state index contributed by atoms with van der Waals surface area (Å²) in [4.78, 5) is 24.8. The van der Waals surface area contributed by atoms with Crippen molar-refractivity contribution in [2.45, 2.75) is 18.8 Å². The van der Waals surface area contributed by atoms with Crippen LogP contribution in [0.5, 0.6) is 11.6 Å². The average molecular weight is 392 g/mol. The number of ether oxygens (including phenoxy) is 3. The first-order valence-electron chi connectivity index (χ1n) is 9.08. The maximum atomic E-state index is 12.6. The number of carbonyl (C=O) groups is 1. The molecule has 1 amide bonds. The minimum Gasteiger partial charge on any atom is -0.481 e. The van der Waals surface area contributed by atoms with Gasteiger partial charge in [0.25, 0.3) is 5.91 Å². The molecule has 1 aliphatic rings. The molecule has 8 heteroatoms. The number of nitrogens with zero attached hydrogens (tertiary/aromatic N) is 3. The highest BCUT2D eigenvalue weighted by Crippen LogP contribution is 2.36. The summed E-state index contributed by atoms with van der Waals surface area (Å²) in [6, 6.07) is 9.17. The molecule has 0 radical (unpaired) electrons. The minimum atomic E-state index is -0.618. The SMILES string of the molecule is COc1ccc(-c2cccc3c2C[C@H](NC(=O)c2cnccn2)C(OC)O3)cn1. The Balaban J connectivity index is 1.63. The molecule has 2 atom stereocenters. The Kier molecular flexibility index (Phi) is 5.35. The number of amides is 1.